The minimum Gasteiger partial charge on any atom is -0.481 e. The number of para-hydroxylation sites is 1. The number of nitrogens with zero attached hydrogens (tertiary/aromatic N) is 2. The van der Waals surface area contributed by atoms with Crippen molar-refractivity contribution in [1.82, 2.24) is 15.2 Å². The van der Waals surface area contributed by atoms with Gasteiger partial charge in [-0.05, 0) is 43.2 Å². The maximum absolute atomic E-state index is 13.7. The van der Waals surface area contributed by atoms with E-state index in [0.29, 0.717) is 45.1 Å². The summed E-state index contributed by atoms with van der Waals surface area (Å²) in [5.41, 5.74) is 5.18. The van der Waals surface area contributed by atoms with E-state index in [9.17, 15) is 22.4 Å². The van der Waals surface area contributed by atoms with E-state index >= 15 is 0 Å². The molecule has 2 saturated heterocycles. The van der Waals surface area contributed by atoms with Gasteiger partial charge in [-0.3, -0.25) is 20.4 Å². The van der Waals surface area contributed by atoms with Gasteiger partial charge in [0.2, 0.25) is 10.0 Å². The monoisotopic (exact) mass is 520 g/mol. The number of halogens is 1. The van der Waals surface area contributed by atoms with E-state index in [-0.39, 0.29) is 16.2 Å². The Morgan fingerprint density at radius 3 is 2.42 bits per heavy atom. The van der Waals surface area contributed by atoms with Crippen molar-refractivity contribution in [1.29, 1.82) is 0 Å². The molecule has 0 bridgehead atoms. The molecule has 0 radical (unpaired) electrons. The molecule has 2 aromatic rings. The lowest BCUT2D eigenvalue weighted by atomic mass is 10.1. The van der Waals surface area contributed by atoms with Gasteiger partial charge < -0.3 is 14.4 Å². The fourth-order valence-corrected chi connectivity index (χ4v) is 5.67. The zero-order valence-electron chi connectivity index (χ0n) is 19.7. The van der Waals surface area contributed by atoms with Crippen LogP contribution in [0.2, 0.25) is 0 Å². The Bertz CT molecular complexity index is 1200. The van der Waals surface area contributed by atoms with Crippen molar-refractivity contribution < 1.29 is 31.9 Å². The van der Waals surface area contributed by atoms with E-state index in [1.54, 1.807) is 12.1 Å². The van der Waals surface area contributed by atoms with Gasteiger partial charge in [0.05, 0.1) is 23.7 Å². The van der Waals surface area contributed by atoms with E-state index in [0.717, 1.165) is 19.3 Å². The van der Waals surface area contributed by atoms with Crippen molar-refractivity contribution >= 4 is 27.5 Å². The Balaban J connectivity index is 1.50. The van der Waals surface area contributed by atoms with Crippen molar-refractivity contribution in [3.05, 3.63) is 53.8 Å². The molecule has 2 amide bonds. The highest BCUT2D eigenvalue weighted by molar-refractivity contribution is 7.89. The smallest absolute Gasteiger partial charge is 0.276 e. The number of carbonyl (C=O) groups excluding carboxylic acids is 2. The van der Waals surface area contributed by atoms with Crippen molar-refractivity contribution in [3.8, 4) is 5.75 Å². The molecular weight excluding hydrogens is 491 g/mol. The lowest BCUT2D eigenvalue weighted by Gasteiger charge is -2.31. The second-order valence-electron chi connectivity index (χ2n) is 8.46. The number of hydrogen-bond donors (Lipinski definition) is 2. The van der Waals surface area contributed by atoms with Crippen LogP contribution in [0.5, 0.6) is 5.75 Å². The average molecular weight is 521 g/mol. The van der Waals surface area contributed by atoms with Crippen LogP contribution >= 0.6 is 0 Å². The van der Waals surface area contributed by atoms with Gasteiger partial charge in [-0.25, -0.2) is 12.8 Å². The molecule has 0 spiro atoms. The standard InChI is InChI=1S/C24H29FN4O6S/c25-20-6-2-3-7-22(20)35-17-23(30)26-27-24(31)19-16-18(36(32,33)29-10-4-1-5-11-29)8-9-21(19)28-12-14-34-15-13-28/h2-3,6-9,16H,1,4-5,10-15,17H2,(H,26,30)(H,27,31). The van der Waals surface area contributed by atoms with Crippen LogP contribution in [-0.4, -0.2) is 70.5 Å². The second kappa shape index (κ2) is 11.7. The minimum atomic E-state index is -3.77. The molecule has 2 N–H and O–H groups in total. The quantitative estimate of drug-likeness (QED) is 0.534. The molecule has 12 heteroatoms. The first-order chi connectivity index (χ1) is 17.4. The molecule has 2 heterocycles. The van der Waals surface area contributed by atoms with Crippen molar-refractivity contribution in [2.45, 2.75) is 24.2 Å². The van der Waals surface area contributed by atoms with Crippen LogP contribution in [0, 0.1) is 5.82 Å². The van der Waals surface area contributed by atoms with E-state index in [1.807, 2.05) is 4.90 Å². The second-order valence-corrected chi connectivity index (χ2v) is 10.4. The van der Waals surface area contributed by atoms with Crippen LogP contribution in [0.4, 0.5) is 10.1 Å². The molecule has 2 aliphatic heterocycles. The number of hydrazine groups is 1. The van der Waals surface area contributed by atoms with E-state index in [1.165, 1.54) is 34.6 Å². The molecule has 0 atom stereocenters. The van der Waals surface area contributed by atoms with E-state index < -0.39 is 34.3 Å². The van der Waals surface area contributed by atoms with Crippen molar-refractivity contribution in [2.24, 2.45) is 0 Å². The highest BCUT2D eigenvalue weighted by Crippen LogP contribution is 2.28. The predicted octanol–water partition coefficient (Wildman–Crippen LogP) is 1.68. The van der Waals surface area contributed by atoms with Crippen molar-refractivity contribution in [2.75, 3.05) is 50.9 Å². The van der Waals surface area contributed by atoms with E-state index in [4.69, 9.17) is 9.47 Å². The third-order valence-electron chi connectivity index (χ3n) is 6.03. The highest BCUT2D eigenvalue weighted by Gasteiger charge is 2.28. The average Bonchev–Trinajstić information content (AvgIpc) is 2.92. The largest absolute Gasteiger partial charge is 0.481 e. The summed E-state index contributed by atoms with van der Waals surface area (Å²) in [5, 5.41) is 0. The van der Waals surface area contributed by atoms with Crippen LogP contribution < -0.4 is 20.5 Å². The lowest BCUT2D eigenvalue weighted by molar-refractivity contribution is -0.123. The molecule has 2 aliphatic rings. The van der Waals surface area contributed by atoms with Gasteiger partial charge >= 0.3 is 0 Å². The Morgan fingerprint density at radius 2 is 1.69 bits per heavy atom. The highest BCUT2D eigenvalue weighted by atomic mass is 32.2. The molecule has 36 heavy (non-hydrogen) atoms. The van der Waals surface area contributed by atoms with Gasteiger partial charge in [0, 0.05) is 31.9 Å². The van der Waals surface area contributed by atoms with Crippen LogP contribution in [0.25, 0.3) is 0 Å². The number of ether oxygens (including phenoxy) is 2. The number of amides is 2. The SMILES string of the molecule is O=C(COc1ccccc1F)NNC(=O)c1cc(S(=O)(=O)N2CCCCC2)ccc1N1CCOCC1. The van der Waals surface area contributed by atoms with Gasteiger partial charge in [-0.15, -0.1) is 0 Å². The fraction of sp³-hybridized carbons (Fsp3) is 0.417. The predicted molar refractivity (Wildman–Crippen MR) is 130 cm³/mol. The van der Waals surface area contributed by atoms with Crippen LogP contribution in [-0.2, 0) is 19.6 Å². The zero-order valence-corrected chi connectivity index (χ0v) is 20.6. The number of nitrogens with one attached hydrogen (secondary N) is 2. The number of rotatable bonds is 7. The molecular formula is C24H29FN4O6S. The zero-order chi connectivity index (χ0) is 25.5. The molecule has 0 saturated carbocycles. The summed E-state index contributed by atoms with van der Waals surface area (Å²) in [6, 6.07) is 10.1. The Labute approximate surface area is 209 Å². The summed E-state index contributed by atoms with van der Waals surface area (Å²) < 4.78 is 52.0. The first kappa shape index (κ1) is 25.9. The molecule has 0 unspecified atom stereocenters. The van der Waals surface area contributed by atoms with Crippen molar-refractivity contribution in [3.63, 3.8) is 0 Å². The third kappa shape index (κ3) is 6.12. The molecule has 0 aromatic heterocycles. The summed E-state index contributed by atoms with van der Waals surface area (Å²) in [5.74, 6) is -2.11. The van der Waals surface area contributed by atoms with Gasteiger partial charge in [0.25, 0.3) is 11.8 Å². The van der Waals surface area contributed by atoms with Gasteiger partial charge in [-0.2, -0.15) is 4.31 Å². The molecule has 2 fully saturated rings. The number of anilines is 1. The summed E-state index contributed by atoms with van der Waals surface area (Å²) in [4.78, 5) is 27.2. The number of morpholine rings is 1. The first-order valence-electron chi connectivity index (χ1n) is 11.8. The number of piperidine rings is 1. The molecule has 10 nitrogen and oxygen atoms in total. The number of carbonyl (C=O) groups is 2. The molecule has 4 rings (SSSR count). The maximum atomic E-state index is 13.7. The summed E-state index contributed by atoms with van der Waals surface area (Å²) in [7, 11) is -3.77. The lowest BCUT2D eigenvalue weighted by Crippen LogP contribution is -2.45. The van der Waals surface area contributed by atoms with Gasteiger partial charge in [-0.1, -0.05) is 18.6 Å². The van der Waals surface area contributed by atoms with Gasteiger partial charge in [0.15, 0.2) is 18.2 Å². The normalized spacial score (nSPS) is 16.9. The van der Waals surface area contributed by atoms with Crippen LogP contribution in [0.1, 0.15) is 29.6 Å². The number of benzene rings is 2. The van der Waals surface area contributed by atoms with E-state index in [2.05, 4.69) is 10.9 Å². The first-order valence-corrected chi connectivity index (χ1v) is 13.2. The Morgan fingerprint density at radius 1 is 0.972 bits per heavy atom. The summed E-state index contributed by atoms with van der Waals surface area (Å²) >= 11 is 0. The topological polar surface area (TPSA) is 117 Å². The summed E-state index contributed by atoms with van der Waals surface area (Å²) in [6.07, 6.45) is 2.56. The minimum absolute atomic E-state index is 0.0146. The molecule has 0 aliphatic carbocycles. The van der Waals surface area contributed by atoms with Crippen LogP contribution in [0.3, 0.4) is 0 Å². The fourth-order valence-electron chi connectivity index (χ4n) is 4.13. The Kier molecular flexibility index (Phi) is 8.39. The maximum Gasteiger partial charge on any atom is 0.276 e. The van der Waals surface area contributed by atoms with Crippen LogP contribution in [0.15, 0.2) is 47.4 Å². The molecule has 2 aromatic carbocycles. The summed E-state index contributed by atoms with van der Waals surface area (Å²) in [6.45, 7) is 2.35. The number of sulfonamides is 1. The third-order valence-corrected chi connectivity index (χ3v) is 7.92. The molecule has 194 valence electrons. The van der Waals surface area contributed by atoms with Gasteiger partial charge in [0.1, 0.15) is 0 Å². The number of hydrogen-bond acceptors (Lipinski definition) is 7. The Hall–Kier alpha value is -3.22.